The molecule has 1 fully saturated rings. The van der Waals surface area contributed by atoms with Crippen molar-refractivity contribution in [3.63, 3.8) is 0 Å². The van der Waals surface area contributed by atoms with E-state index in [1.807, 2.05) is 40.9 Å². The van der Waals surface area contributed by atoms with Crippen LogP contribution in [0.5, 0.6) is 0 Å². The number of carbonyl (C=O) groups is 1. The molecule has 0 radical (unpaired) electrons. The predicted molar refractivity (Wildman–Crippen MR) is 135 cm³/mol. The van der Waals surface area contributed by atoms with Crippen molar-refractivity contribution in [1.29, 1.82) is 0 Å². The first-order chi connectivity index (χ1) is 16.6. The minimum atomic E-state index is -0.256. The number of benzene rings is 2. The molecule has 5 nitrogen and oxygen atoms in total. The Morgan fingerprint density at radius 3 is 2.71 bits per heavy atom. The number of ketones is 1. The van der Waals surface area contributed by atoms with Crippen molar-refractivity contribution in [3.05, 3.63) is 59.5 Å². The monoisotopic (exact) mass is 479 g/mol. The molecule has 0 N–H and O–H groups in total. The van der Waals surface area contributed by atoms with E-state index in [0.29, 0.717) is 30.9 Å². The maximum atomic E-state index is 14.8. The summed E-state index contributed by atoms with van der Waals surface area (Å²) >= 11 is 1.53. The van der Waals surface area contributed by atoms with E-state index in [4.69, 9.17) is 4.74 Å². The van der Waals surface area contributed by atoms with Gasteiger partial charge in [-0.1, -0.05) is 31.3 Å². The topological polar surface area (TPSA) is 46.8 Å². The smallest absolute Gasteiger partial charge is 0.195 e. The molecule has 2 aromatic heterocycles. The van der Waals surface area contributed by atoms with E-state index in [-0.39, 0.29) is 17.5 Å². The highest BCUT2D eigenvalue weighted by atomic mass is 32.1. The molecular weight excluding hydrogens is 449 g/mol. The van der Waals surface area contributed by atoms with E-state index in [1.54, 1.807) is 6.07 Å². The molecule has 4 aromatic rings. The van der Waals surface area contributed by atoms with Gasteiger partial charge in [-0.25, -0.2) is 9.37 Å². The number of halogens is 1. The van der Waals surface area contributed by atoms with Gasteiger partial charge in [-0.3, -0.25) is 9.20 Å². The zero-order valence-corrected chi connectivity index (χ0v) is 20.5. The van der Waals surface area contributed by atoms with Crippen molar-refractivity contribution in [2.45, 2.75) is 39.0 Å². The van der Waals surface area contributed by atoms with E-state index >= 15 is 0 Å². The summed E-state index contributed by atoms with van der Waals surface area (Å²) in [4.78, 5) is 20.6. The SMILES string of the molecule is CCN(CC)CCCCC(=O)c1ccc2c(c1)sc1nc(-c3ccc(C4COC4)cc3F)cn12. The molecule has 178 valence electrons. The average Bonchev–Trinajstić information content (AvgIpc) is 3.35. The molecule has 2 aromatic carbocycles. The number of ether oxygens (including phenoxy) is 1. The maximum absolute atomic E-state index is 14.8. The maximum Gasteiger partial charge on any atom is 0.195 e. The molecule has 0 bridgehead atoms. The summed E-state index contributed by atoms with van der Waals surface area (Å²) < 4.78 is 23.1. The number of Topliss-reactive ketones (excluding diaryl/α,β-unsaturated/α-hetero) is 1. The molecule has 0 spiro atoms. The van der Waals surface area contributed by atoms with Gasteiger partial charge >= 0.3 is 0 Å². The number of fused-ring (bicyclic) bond motifs is 3. The van der Waals surface area contributed by atoms with Gasteiger partial charge in [0.25, 0.3) is 0 Å². The second kappa shape index (κ2) is 9.94. The summed E-state index contributed by atoms with van der Waals surface area (Å²) in [5.74, 6) is 0.220. The first kappa shape index (κ1) is 23.1. The fourth-order valence-corrected chi connectivity index (χ4v) is 5.58. The van der Waals surface area contributed by atoms with Gasteiger partial charge < -0.3 is 9.64 Å². The van der Waals surface area contributed by atoms with Crippen LogP contribution < -0.4 is 0 Å². The van der Waals surface area contributed by atoms with Crippen LogP contribution in [0, 0.1) is 5.82 Å². The van der Waals surface area contributed by atoms with Gasteiger partial charge in [0, 0.05) is 29.7 Å². The summed E-state index contributed by atoms with van der Waals surface area (Å²) in [5.41, 5.74) is 3.84. The second-order valence-electron chi connectivity index (χ2n) is 8.94. The second-order valence-corrected chi connectivity index (χ2v) is 9.95. The fourth-order valence-electron chi connectivity index (χ4n) is 4.53. The van der Waals surface area contributed by atoms with E-state index < -0.39 is 0 Å². The minimum absolute atomic E-state index is 0.187. The van der Waals surface area contributed by atoms with Crippen molar-refractivity contribution >= 4 is 32.3 Å². The van der Waals surface area contributed by atoms with Crippen molar-refractivity contribution < 1.29 is 13.9 Å². The Bertz CT molecular complexity index is 1320. The van der Waals surface area contributed by atoms with Gasteiger partial charge in [0.15, 0.2) is 10.7 Å². The minimum Gasteiger partial charge on any atom is -0.380 e. The molecule has 1 saturated heterocycles. The lowest BCUT2D eigenvalue weighted by atomic mass is 9.96. The van der Waals surface area contributed by atoms with Crippen LogP contribution in [0.25, 0.3) is 26.4 Å². The predicted octanol–water partition coefficient (Wildman–Crippen LogP) is 6.16. The number of nitrogens with zero attached hydrogens (tertiary/aromatic N) is 3. The van der Waals surface area contributed by atoms with E-state index in [1.165, 1.54) is 11.3 Å². The zero-order chi connectivity index (χ0) is 23.7. The van der Waals surface area contributed by atoms with Crippen LogP contribution >= 0.6 is 11.3 Å². The highest BCUT2D eigenvalue weighted by molar-refractivity contribution is 7.23. The number of imidazole rings is 1. The Labute approximate surface area is 203 Å². The quantitative estimate of drug-likeness (QED) is 0.202. The molecule has 7 heteroatoms. The number of carbonyl (C=O) groups excluding carboxylic acids is 1. The molecule has 0 saturated carbocycles. The summed E-state index contributed by atoms with van der Waals surface area (Å²) in [6, 6.07) is 11.2. The van der Waals surface area contributed by atoms with Gasteiger partial charge in [-0.05, 0) is 68.4 Å². The number of hydrogen-bond donors (Lipinski definition) is 0. The Morgan fingerprint density at radius 2 is 2.00 bits per heavy atom. The van der Waals surface area contributed by atoms with Gasteiger partial charge in [0.2, 0.25) is 0 Å². The molecular formula is C27H30FN3O2S. The fraction of sp³-hybridized carbons (Fsp3) is 0.407. The highest BCUT2D eigenvalue weighted by Crippen LogP contribution is 2.33. The number of rotatable bonds is 10. The number of unbranched alkanes of at least 4 members (excludes halogenated alkanes) is 1. The van der Waals surface area contributed by atoms with E-state index in [2.05, 4.69) is 23.7 Å². The molecule has 3 heterocycles. The van der Waals surface area contributed by atoms with Crippen LogP contribution in [0.1, 0.15) is 54.9 Å². The van der Waals surface area contributed by atoms with Crippen LogP contribution in [0.4, 0.5) is 4.39 Å². The van der Waals surface area contributed by atoms with Gasteiger partial charge in [-0.2, -0.15) is 0 Å². The molecule has 1 aliphatic rings. The summed E-state index contributed by atoms with van der Waals surface area (Å²) in [7, 11) is 0. The largest absolute Gasteiger partial charge is 0.380 e. The summed E-state index contributed by atoms with van der Waals surface area (Å²) in [6.07, 6.45) is 4.40. The van der Waals surface area contributed by atoms with Crippen molar-refractivity contribution in [2.24, 2.45) is 0 Å². The first-order valence-corrected chi connectivity index (χ1v) is 12.9. The van der Waals surface area contributed by atoms with Gasteiger partial charge in [-0.15, -0.1) is 0 Å². The summed E-state index contributed by atoms with van der Waals surface area (Å²) in [6.45, 7) is 8.80. The number of thiazole rings is 1. The van der Waals surface area contributed by atoms with Crippen LogP contribution in [0.15, 0.2) is 42.6 Å². The molecule has 0 unspecified atom stereocenters. The lowest BCUT2D eigenvalue weighted by Gasteiger charge is -2.26. The standard InChI is InChI=1S/C27H30FN3O2S/c1-3-30(4-2)12-6-5-7-25(32)19-9-11-24-26(14-19)34-27-29-23(15-31(24)27)21-10-8-18(13-22(21)28)20-16-33-17-20/h8-11,13-15,20H,3-7,12,16-17H2,1-2H3. The van der Waals surface area contributed by atoms with Crippen molar-refractivity contribution in [1.82, 2.24) is 14.3 Å². The van der Waals surface area contributed by atoms with Crippen LogP contribution in [-0.2, 0) is 4.74 Å². The van der Waals surface area contributed by atoms with E-state index in [9.17, 15) is 9.18 Å². The van der Waals surface area contributed by atoms with E-state index in [0.717, 1.165) is 58.8 Å². The Hall–Kier alpha value is -2.61. The third-order valence-electron chi connectivity index (χ3n) is 6.82. The zero-order valence-electron chi connectivity index (χ0n) is 19.7. The lowest BCUT2D eigenvalue weighted by Crippen LogP contribution is -2.25. The van der Waals surface area contributed by atoms with Gasteiger partial charge in [0.05, 0.1) is 29.1 Å². The first-order valence-electron chi connectivity index (χ1n) is 12.1. The highest BCUT2D eigenvalue weighted by Gasteiger charge is 2.22. The lowest BCUT2D eigenvalue weighted by molar-refractivity contribution is 0.00833. The number of aromatic nitrogens is 2. The Kier molecular flexibility index (Phi) is 6.77. The van der Waals surface area contributed by atoms with Crippen LogP contribution in [0.2, 0.25) is 0 Å². The van der Waals surface area contributed by atoms with Crippen molar-refractivity contribution in [2.75, 3.05) is 32.8 Å². The molecule has 0 amide bonds. The molecule has 34 heavy (non-hydrogen) atoms. The number of hydrogen-bond acceptors (Lipinski definition) is 5. The molecule has 5 rings (SSSR count). The molecule has 0 aliphatic carbocycles. The third kappa shape index (κ3) is 4.52. The van der Waals surface area contributed by atoms with Gasteiger partial charge in [0.1, 0.15) is 5.82 Å². The van der Waals surface area contributed by atoms with Crippen molar-refractivity contribution in [3.8, 4) is 11.3 Å². The molecule has 1 aliphatic heterocycles. The van der Waals surface area contributed by atoms with Crippen LogP contribution in [-0.4, -0.2) is 52.9 Å². The summed E-state index contributed by atoms with van der Waals surface area (Å²) in [5, 5.41) is 0. The Morgan fingerprint density at radius 1 is 1.18 bits per heavy atom. The normalized spacial score (nSPS) is 14.4. The Balaban J connectivity index is 1.31. The average molecular weight is 480 g/mol. The van der Waals surface area contributed by atoms with Crippen LogP contribution in [0.3, 0.4) is 0 Å². The third-order valence-corrected chi connectivity index (χ3v) is 7.83. The molecule has 0 atom stereocenters.